The molecule has 0 spiro atoms. The van der Waals surface area contributed by atoms with Crippen LogP contribution < -0.4 is 10.1 Å². The quantitative estimate of drug-likeness (QED) is 0.710. The minimum atomic E-state index is -0.304. The van der Waals surface area contributed by atoms with E-state index in [1.54, 1.807) is 0 Å². The molecule has 0 radical (unpaired) electrons. The summed E-state index contributed by atoms with van der Waals surface area (Å²) in [5, 5.41) is 7.93. The van der Waals surface area contributed by atoms with Crippen LogP contribution in [0.2, 0.25) is 0 Å². The topological polar surface area (TPSA) is 69.0 Å². The molecule has 2 heterocycles. The van der Waals surface area contributed by atoms with Gasteiger partial charge < -0.3 is 10.1 Å². The molecule has 0 saturated heterocycles. The Morgan fingerprint density at radius 2 is 1.86 bits per heavy atom. The van der Waals surface area contributed by atoms with E-state index < -0.39 is 0 Å². The summed E-state index contributed by atoms with van der Waals surface area (Å²) in [6.45, 7) is 3.97. The second-order valence-electron chi connectivity index (χ2n) is 7.77. The highest BCUT2D eigenvalue weighted by molar-refractivity contribution is 5.99. The van der Waals surface area contributed by atoms with E-state index in [0.717, 1.165) is 34.8 Å². The van der Waals surface area contributed by atoms with Crippen LogP contribution in [0.4, 0.5) is 5.95 Å². The monoisotopic (exact) mass is 386 g/mol. The molecule has 6 nitrogen and oxygen atoms in total. The molecule has 146 valence electrons. The molecule has 29 heavy (non-hydrogen) atoms. The number of carbonyl (C=O) groups excluding carboxylic acids is 1. The third-order valence-electron chi connectivity index (χ3n) is 5.38. The number of hydrogen-bond acceptors (Lipinski definition) is 5. The van der Waals surface area contributed by atoms with E-state index in [4.69, 9.17) is 4.74 Å². The zero-order valence-electron chi connectivity index (χ0n) is 16.4. The Hall–Kier alpha value is -3.41. The SMILES string of the molecule is Cc1nc2n(n1)[C@H](c1cccc(Oc3ccccc3)c1)C1=C(C[C@H](C)CC1=O)N2. The van der Waals surface area contributed by atoms with Gasteiger partial charge in [-0.25, -0.2) is 4.68 Å². The number of allylic oxidation sites excluding steroid dienone is 2. The smallest absolute Gasteiger partial charge is 0.226 e. The lowest BCUT2D eigenvalue weighted by atomic mass is 9.81. The standard InChI is InChI=1S/C23H22N4O2/c1-14-11-19-21(20(28)12-14)22(27-23(25-19)24-15(2)26-27)16-7-6-10-18(13-16)29-17-8-4-3-5-9-17/h3-10,13-14,22H,11-12H2,1-2H3,(H,24,25,26)/t14-,22+/m0/s1. The summed E-state index contributed by atoms with van der Waals surface area (Å²) in [5.41, 5.74) is 2.71. The van der Waals surface area contributed by atoms with Gasteiger partial charge in [-0.15, -0.1) is 0 Å². The number of benzene rings is 2. The molecule has 0 bridgehead atoms. The minimum absolute atomic E-state index is 0.171. The molecule has 1 aliphatic heterocycles. The van der Waals surface area contributed by atoms with Gasteiger partial charge in [0.25, 0.3) is 0 Å². The molecule has 0 amide bonds. The number of rotatable bonds is 3. The van der Waals surface area contributed by atoms with Gasteiger partial charge in [-0.05, 0) is 49.1 Å². The molecule has 2 aliphatic rings. The maximum Gasteiger partial charge on any atom is 0.226 e. The van der Waals surface area contributed by atoms with Crippen molar-refractivity contribution in [3.8, 4) is 11.5 Å². The van der Waals surface area contributed by atoms with Crippen LogP contribution in [-0.4, -0.2) is 20.5 Å². The highest BCUT2D eigenvalue weighted by atomic mass is 16.5. The fraction of sp³-hybridized carbons (Fsp3) is 0.261. The molecule has 5 rings (SSSR count). The summed E-state index contributed by atoms with van der Waals surface area (Å²) in [7, 11) is 0. The number of aromatic nitrogens is 3. The van der Waals surface area contributed by atoms with Crippen molar-refractivity contribution in [2.24, 2.45) is 5.92 Å². The Labute approximate surface area is 169 Å². The van der Waals surface area contributed by atoms with Crippen LogP contribution >= 0.6 is 0 Å². The second-order valence-corrected chi connectivity index (χ2v) is 7.77. The molecule has 1 N–H and O–H groups in total. The number of anilines is 1. The van der Waals surface area contributed by atoms with Crippen molar-refractivity contribution in [1.29, 1.82) is 0 Å². The van der Waals surface area contributed by atoms with Gasteiger partial charge in [0, 0.05) is 17.7 Å². The average Bonchev–Trinajstić information content (AvgIpc) is 3.06. The number of para-hydroxylation sites is 1. The Morgan fingerprint density at radius 1 is 1.07 bits per heavy atom. The van der Waals surface area contributed by atoms with Gasteiger partial charge in [0.05, 0.1) is 0 Å². The summed E-state index contributed by atoms with van der Waals surface area (Å²) < 4.78 is 7.84. The van der Waals surface area contributed by atoms with Gasteiger partial charge in [0.2, 0.25) is 5.95 Å². The Morgan fingerprint density at radius 3 is 2.69 bits per heavy atom. The summed E-state index contributed by atoms with van der Waals surface area (Å²) in [6.07, 6.45) is 1.39. The molecule has 6 heteroatoms. The predicted molar refractivity (Wildman–Crippen MR) is 110 cm³/mol. The van der Waals surface area contributed by atoms with E-state index in [0.29, 0.717) is 24.1 Å². The number of ether oxygens (including phenoxy) is 1. The first-order valence-corrected chi connectivity index (χ1v) is 9.88. The Balaban J connectivity index is 1.59. The normalized spacial score (nSPS) is 20.7. The minimum Gasteiger partial charge on any atom is -0.457 e. The molecule has 0 unspecified atom stereocenters. The van der Waals surface area contributed by atoms with Crippen molar-refractivity contribution in [3.63, 3.8) is 0 Å². The number of ketones is 1. The molecule has 3 aromatic rings. The highest BCUT2D eigenvalue weighted by Gasteiger charge is 2.38. The lowest BCUT2D eigenvalue weighted by molar-refractivity contribution is -0.117. The summed E-state index contributed by atoms with van der Waals surface area (Å²) in [6, 6.07) is 17.2. The number of hydrogen-bond donors (Lipinski definition) is 1. The summed E-state index contributed by atoms with van der Waals surface area (Å²) >= 11 is 0. The number of nitrogens with one attached hydrogen (secondary N) is 1. The van der Waals surface area contributed by atoms with E-state index in [-0.39, 0.29) is 11.8 Å². The Bertz CT molecular complexity index is 1120. The fourth-order valence-corrected chi connectivity index (χ4v) is 4.19. The van der Waals surface area contributed by atoms with Crippen molar-refractivity contribution in [1.82, 2.24) is 14.8 Å². The lowest BCUT2D eigenvalue weighted by Crippen LogP contribution is -2.33. The largest absolute Gasteiger partial charge is 0.457 e. The van der Waals surface area contributed by atoms with E-state index in [2.05, 4.69) is 22.3 Å². The maximum atomic E-state index is 13.0. The molecule has 0 saturated carbocycles. The van der Waals surface area contributed by atoms with Crippen molar-refractivity contribution >= 4 is 11.7 Å². The third-order valence-corrected chi connectivity index (χ3v) is 5.38. The maximum absolute atomic E-state index is 13.0. The summed E-state index contributed by atoms with van der Waals surface area (Å²) in [5.74, 6) is 3.35. The average molecular weight is 386 g/mol. The first kappa shape index (κ1) is 17.7. The van der Waals surface area contributed by atoms with Crippen molar-refractivity contribution < 1.29 is 9.53 Å². The van der Waals surface area contributed by atoms with Crippen LogP contribution in [-0.2, 0) is 4.79 Å². The number of carbonyl (C=O) groups is 1. The van der Waals surface area contributed by atoms with E-state index >= 15 is 0 Å². The number of Topliss-reactive ketones (excluding diaryl/α,β-unsaturated/α-hetero) is 1. The molecule has 2 aromatic carbocycles. The first-order chi connectivity index (χ1) is 14.1. The fourth-order valence-electron chi connectivity index (χ4n) is 4.19. The number of fused-ring (bicyclic) bond motifs is 1. The predicted octanol–water partition coefficient (Wildman–Crippen LogP) is 4.65. The second kappa shape index (κ2) is 6.88. The van der Waals surface area contributed by atoms with Crippen molar-refractivity contribution in [3.05, 3.63) is 77.3 Å². The van der Waals surface area contributed by atoms with Gasteiger partial charge in [-0.3, -0.25) is 4.79 Å². The van der Waals surface area contributed by atoms with E-state index in [9.17, 15) is 4.79 Å². The molecular weight excluding hydrogens is 364 g/mol. The lowest BCUT2D eigenvalue weighted by Gasteiger charge is -2.34. The highest BCUT2D eigenvalue weighted by Crippen LogP contribution is 2.42. The van der Waals surface area contributed by atoms with Crippen LogP contribution in [0.15, 0.2) is 65.9 Å². The third kappa shape index (κ3) is 3.20. The van der Waals surface area contributed by atoms with Gasteiger partial charge in [0.15, 0.2) is 5.78 Å². The van der Waals surface area contributed by atoms with Crippen LogP contribution in [0.25, 0.3) is 0 Å². The van der Waals surface area contributed by atoms with Crippen LogP contribution in [0, 0.1) is 12.8 Å². The molecule has 1 aromatic heterocycles. The van der Waals surface area contributed by atoms with Crippen LogP contribution in [0.1, 0.15) is 37.2 Å². The van der Waals surface area contributed by atoms with Gasteiger partial charge in [0.1, 0.15) is 23.4 Å². The molecular formula is C23H22N4O2. The molecule has 1 aliphatic carbocycles. The zero-order valence-corrected chi connectivity index (χ0v) is 16.4. The van der Waals surface area contributed by atoms with Gasteiger partial charge in [-0.2, -0.15) is 10.1 Å². The van der Waals surface area contributed by atoms with Gasteiger partial charge >= 0.3 is 0 Å². The number of nitrogens with zero attached hydrogens (tertiary/aromatic N) is 3. The first-order valence-electron chi connectivity index (χ1n) is 9.88. The molecule has 0 fully saturated rings. The van der Waals surface area contributed by atoms with E-state index in [1.165, 1.54) is 0 Å². The van der Waals surface area contributed by atoms with Crippen LogP contribution in [0.3, 0.4) is 0 Å². The van der Waals surface area contributed by atoms with Crippen molar-refractivity contribution in [2.75, 3.05) is 5.32 Å². The zero-order chi connectivity index (χ0) is 20.0. The van der Waals surface area contributed by atoms with E-state index in [1.807, 2.05) is 66.2 Å². The van der Waals surface area contributed by atoms with Gasteiger partial charge in [-0.1, -0.05) is 37.3 Å². The molecule has 2 atom stereocenters. The summed E-state index contributed by atoms with van der Waals surface area (Å²) in [4.78, 5) is 17.5. The van der Waals surface area contributed by atoms with Crippen LogP contribution in [0.5, 0.6) is 11.5 Å². The van der Waals surface area contributed by atoms with Crippen molar-refractivity contribution in [2.45, 2.75) is 32.7 Å². The number of aryl methyl sites for hydroxylation is 1. The Kier molecular flexibility index (Phi) is 4.19.